The molecule has 4 rings (SSSR count). The van der Waals surface area contributed by atoms with Crippen LogP contribution in [-0.2, 0) is 14.8 Å². The Morgan fingerprint density at radius 3 is 2.03 bits per heavy atom. The van der Waals surface area contributed by atoms with E-state index in [1.807, 2.05) is 38.1 Å². The summed E-state index contributed by atoms with van der Waals surface area (Å²) >= 11 is 0. The maximum atomic E-state index is 13.6. The summed E-state index contributed by atoms with van der Waals surface area (Å²) in [4.78, 5) is 8.52. The summed E-state index contributed by atoms with van der Waals surface area (Å²) in [5.41, 5.74) is 3.07. The van der Waals surface area contributed by atoms with Crippen molar-refractivity contribution < 1.29 is 22.6 Å². The van der Waals surface area contributed by atoms with Gasteiger partial charge in [0.2, 0.25) is 16.0 Å². The van der Waals surface area contributed by atoms with Crippen LogP contribution in [0.4, 0.5) is 5.95 Å². The minimum atomic E-state index is -4.09. The van der Waals surface area contributed by atoms with Crippen molar-refractivity contribution in [1.29, 1.82) is 0 Å². The Hall–Kier alpha value is -4.03. The summed E-state index contributed by atoms with van der Waals surface area (Å²) < 4.78 is 48.2. The number of nitrogens with zero attached hydrogens (tertiary/aromatic N) is 5. The van der Waals surface area contributed by atoms with E-state index in [2.05, 4.69) is 24.9 Å². The van der Waals surface area contributed by atoms with E-state index in [-0.39, 0.29) is 11.8 Å². The van der Waals surface area contributed by atoms with Gasteiger partial charge >= 0.3 is 0 Å². The highest BCUT2D eigenvalue weighted by molar-refractivity contribution is 7.93. The highest BCUT2D eigenvalue weighted by Crippen LogP contribution is 2.38. The fourth-order valence-corrected chi connectivity index (χ4v) is 5.07. The van der Waals surface area contributed by atoms with Gasteiger partial charge in [-0.3, -0.25) is 9.29 Å². The lowest BCUT2D eigenvalue weighted by molar-refractivity contribution is 0.0949. The molecule has 0 aliphatic heterocycles. The fraction of sp³-hybridized carbons (Fsp3) is 0.308. The van der Waals surface area contributed by atoms with Crippen LogP contribution < -0.4 is 14.2 Å². The van der Waals surface area contributed by atoms with Gasteiger partial charge in [0.25, 0.3) is 0 Å². The van der Waals surface area contributed by atoms with Crippen molar-refractivity contribution in [2.75, 3.05) is 26.1 Å². The van der Waals surface area contributed by atoms with Gasteiger partial charge in [-0.15, -0.1) is 10.2 Å². The van der Waals surface area contributed by atoms with E-state index in [9.17, 15) is 8.42 Å². The summed E-state index contributed by atoms with van der Waals surface area (Å²) in [7, 11) is 0.364. The molecule has 2 unspecified atom stereocenters. The first-order valence-electron chi connectivity index (χ1n) is 11.8. The van der Waals surface area contributed by atoms with Crippen molar-refractivity contribution in [2.24, 2.45) is 0 Å². The van der Waals surface area contributed by atoms with Crippen LogP contribution >= 0.6 is 0 Å². The van der Waals surface area contributed by atoms with E-state index in [0.29, 0.717) is 23.0 Å². The molecule has 0 radical (unpaired) electrons. The van der Waals surface area contributed by atoms with Gasteiger partial charge in [-0.25, -0.2) is 18.4 Å². The van der Waals surface area contributed by atoms with Crippen LogP contribution in [0.2, 0.25) is 0 Å². The molecule has 1 N–H and O–H groups in total. The number of para-hydroxylation sites is 1. The average Bonchev–Trinajstić information content (AvgIpc) is 3.32. The summed E-state index contributed by atoms with van der Waals surface area (Å²) in [5.74, 6) is 1.48. The summed E-state index contributed by atoms with van der Waals surface area (Å²) in [6.45, 7) is 5.34. The fourth-order valence-electron chi connectivity index (χ4n) is 3.94. The first kappa shape index (κ1) is 27.0. The standard InChI is InChI=1S/C26H30N6O5S/c1-16-10-12-19(13-11-16)25-29-30-26(32(25)22-20(35-4)8-7-9-21(22)36-5)31-38(33,34)18(3)23(37-6)24-27-14-17(2)15-28-24/h7-15,18,23H,1-6H3,(H,30,31). The Labute approximate surface area is 221 Å². The number of nitrogens with one attached hydrogen (secondary N) is 1. The largest absolute Gasteiger partial charge is 0.494 e. The topological polar surface area (TPSA) is 130 Å². The molecule has 38 heavy (non-hydrogen) atoms. The lowest BCUT2D eigenvalue weighted by Crippen LogP contribution is -2.33. The maximum Gasteiger partial charge on any atom is 0.243 e. The van der Waals surface area contributed by atoms with Gasteiger partial charge in [0.05, 0.1) is 14.2 Å². The lowest BCUT2D eigenvalue weighted by atomic mass is 10.1. The molecular weight excluding hydrogens is 508 g/mol. The second-order valence-electron chi connectivity index (χ2n) is 8.69. The van der Waals surface area contributed by atoms with Gasteiger partial charge in [-0.1, -0.05) is 35.9 Å². The molecule has 0 fully saturated rings. The molecule has 2 aromatic carbocycles. The number of anilines is 1. The van der Waals surface area contributed by atoms with E-state index in [0.717, 1.165) is 16.7 Å². The molecule has 2 aromatic heterocycles. The number of hydrogen-bond acceptors (Lipinski definition) is 9. The van der Waals surface area contributed by atoms with E-state index in [1.165, 1.54) is 28.3 Å². The predicted molar refractivity (Wildman–Crippen MR) is 143 cm³/mol. The zero-order valence-electron chi connectivity index (χ0n) is 22.0. The minimum absolute atomic E-state index is 0.0464. The molecule has 2 atom stereocenters. The monoisotopic (exact) mass is 538 g/mol. The van der Waals surface area contributed by atoms with E-state index in [4.69, 9.17) is 14.2 Å². The zero-order chi connectivity index (χ0) is 27.4. The third kappa shape index (κ3) is 5.31. The van der Waals surface area contributed by atoms with Gasteiger partial charge in [-0.2, -0.15) is 0 Å². The molecule has 0 bridgehead atoms. The van der Waals surface area contributed by atoms with E-state index >= 15 is 0 Å². The van der Waals surface area contributed by atoms with Gasteiger partial charge in [0.1, 0.15) is 28.5 Å². The molecule has 0 saturated carbocycles. The highest BCUT2D eigenvalue weighted by atomic mass is 32.2. The smallest absolute Gasteiger partial charge is 0.243 e. The second-order valence-corrected chi connectivity index (χ2v) is 10.7. The SMILES string of the molecule is COc1cccc(OC)c1-n1c(NS(=O)(=O)C(C)C(OC)c2ncc(C)cn2)nnc1-c1ccc(C)cc1. The van der Waals surface area contributed by atoms with Gasteiger partial charge in [0.15, 0.2) is 11.6 Å². The zero-order valence-corrected chi connectivity index (χ0v) is 22.9. The molecule has 0 saturated heterocycles. The Morgan fingerprint density at radius 1 is 0.868 bits per heavy atom. The molecule has 0 spiro atoms. The highest BCUT2D eigenvalue weighted by Gasteiger charge is 2.35. The van der Waals surface area contributed by atoms with Crippen LogP contribution in [-0.4, -0.2) is 59.7 Å². The molecule has 0 aliphatic carbocycles. The molecule has 0 aliphatic rings. The summed E-state index contributed by atoms with van der Waals surface area (Å²) in [5, 5.41) is 7.48. The van der Waals surface area contributed by atoms with Gasteiger partial charge in [0, 0.05) is 25.1 Å². The van der Waals surface area contributed by atoms with Crippen LogP contribution in [0.1, 0.15) is 30.0 Å². The minimum Gasteiger partial charge on any atom is -0.494 e. The quantitative estimate of drug-likeness (QED) is 0.320. The number of rotatable bonds is 10. The normalized spacial score (nSPS) is 13.1. The van der Waals surface area contributed by atoms with Crippen LogP contribution in [0.15, 0.2) is 54.9 Å². The summed E-state index contributed by atoms with van der Waals surface area (Å²) in [6.07, 6.45) is 2.29. The number of sulfonamides is 1. The molecule has 12 heteroatoms. The lowest BCUT2D eigenvalue weighted by Gasteiger charge is -2.23. The van der Waals surface area contributed by atoms with Crippen molar-refractivity contribution in [1.82, 2.24) is 24.7 Å². The third-order valence-corrected chi connectivity index (χ3v) is 7.75. The van der Waals surface area contributed by atoms with Crippen LogP contribution in [0, 0.1) is 13.8 Å². The van der Waals surface area contributed by atoms with Crippen LogP contribution in [0.5, 0.6) is 11.5 Å². The maximum absolute atomic E-state index is 13.6. The van der Waals surface area contributed by atoms with Crippen molar-refractivity contribution in [3.05, 3.63) is 71.8 Å². The van der Waals surface area contributed by atoms with E-state index in [1.54, 1.807) is 35.2 Å². The first-order chi connectivity index (χ1) is 18.2. The molecular formula is C26H30N6O5S. The van der Waals surface area contributed by atoms with Gasteiger partial charge < -0.3 is 14.2 Å². The first-order valence-corrected chi connectivity index (χ1v) is 13.3. The Morgan fingerprint density at radius 2 is 1.47 bits per heavy atom. The molecule has 2 heterocycles. The van der Waals surface area contributed by atoms with E-state index < -0.39 is 21.4 Å². The van der Waals surface area contributed by atoms with Crippen molar-refractivity contribution in [3.63, 3.8) is 0 Å². The molecule has 4 aromatic rings. The number of ether oxygens (including phenoxy) is 3. The second kappa shape index (κ2) is 11.2. The number of hydrogen-bond donors (Lipinski definition) is 1. The Kier molecular flexibility index (Phi) is 7.93. The summed E-state index contributed by atoms with van der Waals surface area (Å²) in [6, 6.07) is 12.9. The van der Waals surface area contributed by atoms with Crippen molar-refractivity contribution >= 4 is 16.0 Å². The predicted octanol–water partition coefficient (Wildman–Crippen LogP) is 3.88. The average molecular weight is 539 g/mol. The third-order valence-electron chi connectivity index (χ3n) is 6.06. The van der Waals surface area contributed by atoms with Crippen LogP contribution in [0.25, 0.3) is 17.1 Å². The number of aryl methyl sites for hydroxylation is 2. The van der Waals surface area contributed by atoms with Crippen molar-refractivity contribution in [3.8, 4) is 28.6 Å². The van der Waals surface area contributed by atoms with Gasteiger partial charge in [-0.05, 0) is 38.5 Å². The Balaban J connectivity index is 1.83. The molecule has 200 valence electrons. The molecule has 11 nitrogen and oxygen atoms in total. The number of benzene rings is 2. The van der Waals surface area contributed by atoms with Crippen molar-refractivity contribution in [2.45, 2.75) is 32.1 Å². The van der Waals surface area contributed by atoms with Crippen LogP contribution in [0.3, 0.4) is 0 Å². The molecule has 0 amide bonds. The Bertz CT molecular complexity index is 1480. The number of methoxy groups -OCH3 is 3. The number of aromatic nitrogens is 5.